The summed E-state index contributed by atoms with van der Waals surface area (Å²) in [7, 11) is 0. The fourth-order valence-corrected chi connectivity index (χ4v) is 3.18. The van der Waals surface area contributed by atoms with E-state index in [-0.39, 0.29) is 23.8 Å². The van der Waals surface area contributed by atoms with Crippen LogP contribution in [0.25, 0.3) is 0 Å². The molecule has 0 radical (unpaired) electrons. The molecule has 0 bridgehead atoms. The predicted octanol–water partition coefficient (Wildman–Crippen LogP) is 2.19. The van der Waals surface area contributed by atoms with Gasteiger partial charge in [-0.1, -0.05) is 19.0 Å². The van der Waals surface area contributed by atoms with Gasteiger partial charge in [0.25, 0.3) is 0 Å². The molecular formula is C17H27N3O3. The second-order valence-corrected chi connectivity index (χ2v) is 6.85. The van der Waals surface area contributed by atoms with E-state index in [0.29, 0.717) is 31.8 Å². The first-order valence-corrected chi connectivity index (χ1v) is 8.30. The minimum atomic E-state index is -0.160. The van der Waals surface area contributed by atoms with Crippen LogP contribution in [0.2, 0.25) is 0 Å². The molecule has 0 unspecified atom stereocenters. The lowest BCUT2D eigenvalue weighted by Crippen LogP contribution is -2.52. The number of piperidine rings is 1. The van der Waals surface area contributed by atoms with Gasteiger partial charge in [-0.25, -0.2) is 0 Å². The highest BCUT2D eigenvalue weighted by atomic mass is 16.5. The van der Waals surface area contributed by atoms with Gasteiger partial charge in [-0.2, -0.15) is 0 Å². The Labute approximate surface area is 137 Å². The first-order valence-electron chi connectivity index (χ1n) is 8.30. The van der Waals surface area contributed by atoms with Gasteiger partial charge in [0.2, 0.25) is 11.8 Å². The summed E-state index contributed by atoms with van der Waals surface area (Å²) in [5.41, 5.74) is 1.73. The number of aryl methyl sites for hydroxylation is 2. The van der Waals surface area contributed by atoms with Crippen LogP contribution in [0, 0.1) is 25.7 Å². The standard InChI is InChI=1S/C17H27N3O3/c1-10(2)9-20-12(4)14(6-7-16(20)21)17(22)18-8-15-11(3)19-23-13(15)5/h10,12,14H,6-9H2,1-5H3,(H,18,22)/t12-,14-/m1/s1. The fraction of sp³-hybridized carbons (Fsp3) is 0.706. The van der Waals surface area contributed by atoms with Gasteiger partial charge in [0.1, 0.15) is 5.76 Å². The zero-order chi connectivity index (χ0) is 17.1. The Kier molecular flexibility index (Phi) is 5.44. The summed E-state index contributed by atoms with van der Waals surface area (Å²) in [4.78, 5) is 26.5. The highest BCUT2D eigenvalue weighted by Crippen LogP contribution is 2.26. The largest absolute Gasteiger partial charge is 0.361 e. The number of carbonyl (C=O) groups excluding carboxylic acids is 2. The molecule has 6 heteroatoms. The van der Waals surface area contributed by atoms with Crippen molar-refractivity contribution in [1.29, 1.82) is 0 Å². The number of rotatable bonds is 5. The van der Waals surface area contributed by atoms with Crippen molar-refractivity contribution in [1.82, 2.24) is 15.4 Å². The first kappa shape index (κ1) is 17.5. The first-order chi connectivity index (χ1) is 10.8. The van der Waals surface area contributed by atoms with Gasteiger partial charge >= 0.3 is 0 Å². The molecule has 0 saturated carbocycles. The Morgan fingerprint density at radius 2 is 2.13 bits per heavy atom. The third kappa shape index (κ3) is 3.92. The molecule has 2 amide bonds. The van der Waals surface area contributed by atoms with Gasteiger partial charge in [0.15, 0.2) is 0 Å². The van der Waals surface area contributed by atoms with E-state index in [1.54, 1.807) is 0 Å². The van der Waals surface area contributed by atoms with Crippen LogP contribution in [0.4, 0.5) is 0 Å². The highest BCUT2D eigenvalue weighted by Gasteiger charge is 2.36. The Morgan fingerprint density at radius 3 is 2.70 bits per heavy atom. The smallest absolute Gasteiger partial charge is 0.225 e. The van der Waals surface area contributed by atoms with Crippen LogP contribution >= 0.6 is 0 Å². The molecule has 2 heterocycles. The number of likely N-dealkylation sites (tertiary alicyclic amines) is 1. The van der Waals surface area contributed by atoms with E-state index in [1.807, 2.05) is 25.7 Å². The van der Waals surface area contributed by atoms with E-state index < -0.39 is 0 Å². The predicted molar refractivity (Wildman–Crippen MR) is 86.6 cm³/mol. The van der Waals surface area contributed by atoms with Crippen LogP contribution in [0.3, 0.4) is 0 Å². The molecule has 0 aromatic carbocycles. The molecular weight excluding hydrogens is 294 g/mol. The molecule has 1 aromatic rings. The lowest BCUT2D eigenvalue weighted by molar-refractivity contribution is -0.143. The molecule has 1 aromatic heterocycles. The van der Waals surface area contributed by atoms with Gasteiger partial charge in [-0.15, -0.1) is 0 Å². The minimum absolute atomic E-state index is 0.00115. The fourth-order valence-electron chi connectivity index (χ4n) is 3.18. The number of hydrogen-bond donors (Lipinski definition) is 1. The molecule has 0 spiro atoms. The van der Waals surface area contributed by atoms with Gasteiger partial charge < -0.3 is 14.7 Å². The third-order valence-corrected chi connectivity index (χ3v) is 4.58. The number of amides is 2. The number of carbonyl (C=O) groups is 2. The zero-order valence-corrected chi connectivity index (χ0v) is 14.7. The minimum Gasteiger partial charge on any atom is -0.361 e. The molecule has 1 fully saturated rings. The SMILES string of the molecule is Cc1noc(C)c1CNC(=O)[C@@H]1CCC(=O)N(CC(C)C)[C@@H]1C. The number of hydrogen-bond acceptors (Lipinski definition) is 4. The third-order valence-electron chi connectivity index (χ3n) is 4.58. The van der Waals surface area contributed by atoms with Crippen LogP contribution in [0.15, 0.2) is 4.52 Å². The molecule has 23 heavy (non-hydrogen) atoms. The number of nitrogens with one attached hydrogen (secondary N) is 1. The lowest BCUT2D eigenvalue weighted by Gasteiger charge is -2.39. The Bertz CT molecular complexity index is 560. The van der Waals surface area contributed by atoms with Crippen molar-refractivity contribution in [3.8, 4) is 0 Å². The van der Waals surface area contributed by atoms with Crippen molar-refractivity contribution >= 4 is 11.8 Å². The maximum atomic E-state index is 12.6. The van der Waals surface area contributed by atoms with Crippen molar-refractivity contribution < 1.29 is 14.1 Å². The summed E-state index contributed by atoms with van der Waals surface area (Å²) < 4.78 is 5.11. The monoisotopic (exact) mass is 321 g/mol. The van der Waals surface area contributed by atoms with Crippen LogP contribution < -0.4 is 5.32 Å². The maximum Gasteiger partial charge on any atom is 0.225 e. The molecule has 1 aliphatic rings. The second-order valence-electron chi connectivity index (χ2n) is 6.85. The average molecular weight is 321 g/mol. The van der Waals surface area contributed by atoms with E-state index in [4.69, 9.17) is 4.52 Å². The van der Waals surface area contributed by atoms with E-state index in [1.165, 1.54) is 0 Å². The van der Waals surface area contributed by atoms with Gasteiger partial charge in [-0.05, 0) is 33.1 Å². The summed E-state index contributed by atoms with van der Waals surface area (Å²) in [5.74, 6) is 1.12. The lowest BCUT2D eigenvalue weighted by atomic mass is 9.88. The summed E-state index contributed by atoms with van der Waals surface area (Å²) in [6.45, 7) is 11.0. The normalized spacial score (nSPS) is 21.8. The Hall–Kier alpha value is -1.85. The van der Waals surface area contributed by atoms with Crippen molar-refractivity contribution in [2.75, 3.05) is 6.54 Å². The van der Waals surface area contributed by atoms with E-state index in [0.717, 1.165) is 17.0 Å². The second kappa shape index (κ2) is 7.15. The molecule has 128 valence electrons. The molecule has 6 nitrogen and oxygen atoms in total. The van der Waals surface area contributed by atoms with Gasteiger partial charge in [0, 0.05) is 31.1 Å². The maximum absolute atomic E-state index is 12.6. The van der Waals surface area contributed by atoms with Gasteiger partial charge in [0.05, 0.1) is 11.6 Å². The summed E-state index contributed by atoms with van der Waals surface area (Å²) >= 11 is 0. The molecule has 2 rings (SSSR count). The highest BCUT2D eigenvalue weighted by molar-refractivity contribution is 5.84. The van der Waals surface area contributed by atoms with E-state index in [9.17, 15) is 9.59 Å². The number of nitrogens with zero attached hydrogens (tertiary/aromatic N) is 2. The van der Waals surface area contributed by atoms with E-state index in [2.05, 4.69) is 24.3 Å². The molecule has 1 N–H and O–H groups in total. The zero-order valence-electron chi connectivity index (χ0n) is 14.7. The van der Waals surface area contributed by atoms with Crippen molar-refractivity contribution in [3.05, 3.63) is 17.0 Å². The molecule has 0 aliphatic carbocycles. The molecule has 1 aliphatic heterocycles. The van der Waals surface area contributed by atoms with Crippen LogP contribution in [-0.2, 0) is 16.1 Å². The van der Waals surface area contributed by atoms with Crippen LogP contribution in [-0.4, -0.2) is 34.5 Å². The quantitative estimate of drug-likeness (QED) is 0.902. The topological polar surface area (TPSA) is 75.4 Å². The summed E-state index contributed by atoms with van der Waals surface area (Å²) in [6.07, 6.45) is 1.06. The van der Waals surface area contributed by atoms with Crippen LogP contribution in [0.1, 0.15) is 50.6 Å². The van der Waals surface area contributed by atoms with Crippen LogP contribution in [0.5, 0.6) is 0 Å². The molecule has 1 saturated heterocycles. The average Bonchev–Trinajstić information content (AvgIpc) is 2.80. The van der Waals surface area contributed by atoms with Crippen molar-refractivity contribution in [2.24, 2.45) is 11.8 Å². The van der Waals surface area contributed by atoms with Crippen molar-refractivity contribution in [2.45, 2.75) is 60.0 Å². The Balaban J connectivity index is 2.00. The van der Waals surface area contributed by atoms with Gasteiger partial charge in [-0.3, -0.25) is 9.59 Å². The number of aromatic nitrogens is 1. The Morgan fingerprint density at radius 1 is 1.43 bits per heavy atom. The molecule has 2 atom stereocenters. The van der Waals surface area contributed by atoms with E-state index >= 15 is 0 Å². The summed E-state index contributed by atoms with van der Waals surface area (Å²) in [6, 6.07) is -0.0664. The van der Waals surface area contributed by atoms with Crippen molar-refractivity contribution in [3.63, 3.8) is 0 Å². The summed E-state index contributed by atoms with van der Waals surface area (Å²) in [5, 5.41) is 6.88.